The summed E-state index contributed by atoms with van der Waals surface area (Å²) >= 11 is 0. The first-order valence-electron chi connectivity index (χ1n) is 4.98. The van der Waals surface area contributed by atoms with Crippen molar-refractivity contribution < 1.29 is 9.53 Å². The van der Waals surface area contributed by atoms with Crippen molar-refractivity contribution >= 4 is 5.97 Å². The zero-order chi connectivity index (χ0) is 11.1. The van der Waals surface area contributed by atoms with Crippen LogP contribution in [0.4, 0.5) is 0 Å². The lowest BCUT2D eigenvalue weighted by Gasteiger charge is -2.01. The van der Waals surface area contributed by atoms with Crippen molar-refractivity contribution in [3.05, 3.63) is 18.0 Å². The Morgan fingerprint density at radius 3 is 3.00 bits per heavy atom. The number of ether oxygens (including phenoxy) is 1. The smallest absolute Gasteiger partial charge is 0.306 e. The predicted molar refractivity (Wildman–Crippen MR) is 56.4 cm³/mol. The number of aromatic nitrogens is 2. The molecule has 0 spiro atoms. The van der Waals surface area contributed by atoms with Crippen LogP contribution in [0.25, 0.3) is 0 Å². The summed E-state index contributed by atoms with van der Waals surface area (Å²) in [6, 6.07) is 1.99. The Bertz CT molecular complexity index is 309. The lowest BCUT2D eigenvalue weighted by molar-refractivity contribution is -0.140. The number of aryl methyl sites for hydroxylation is 1. The molecule has 1 N–H and O–H groups in total. The normalized spacial score (nSPS) is 10.3. The van der Waals surface area contributed by atoms with Gasteiger partial charge in [-0.3, -0.25) is 9.48 Å². The van der Waals surface area contributed by atoms with E-state index in [1.54, 1.807) is 4.68 Å². The van der Waals surface area contributed by atoms with E-state index in [1.807, 2.05) is 19.3 Å². The second-order valence-corrected chi connectivity index (χ2v) is 3.31. The molecule has 5 nitrogen and oxygen atoms in total. The Morgan fingerprint density at radius 2 is 2.40 bits per heavy atom. The fourth-order valence-electron chi connectivity index (χ4n) is 1.23. The van der Waals surface area contributed by atoms with E-state index in [-0.39, 0.29) is 5.97 Å². The second kappa shape index (κ2) is 6.19. The van der Waals surface area contributed by atoms with Crippen LogP contribution in [0.15, 0.2) is 12.3 Å². The summed E-state index contributed by atoms with van der Waals surface area (Å²) in [6.07, 6.45) is 3.21. The Labute approximate surface area is 89.4 Å². The summed E-state index contributed by atoms with van der Waals surface area (Å²) in [5.74, 6) is -0.180. The van der Waals surface area contributed by atoms with E-state index < -0.39 is 0 Å². The van der Waals surface area contributed by atoms with Crippen LogP contribution in [0.5, 0.6) is 0 Å². The summed E-state index contributed by atoms with van der Waals surface area (Å²) < 4.78 is 6.31. The number of hydrogen-bond donors (Lipinski definition) is 1. The van der Waals surface area contributed by atoms with Gasteiger partial charge in [0.1, 0.15) is 0 Å². The number of nitrogens with one attached hydrogen (secondary N) is 1. The fraction of sp³-hybridized carbons (Fsp3) is 0.600. The van der Waals surface area contributed by atoms with Gasteiger partial charge < -0.3 is 10.1 Å². The molecule has 0 unspecified atom stereocenters. The van der Waals surface area contributed by atoms with Gasteiger partial charge in [-0.2, -0.15) is 5.10 Å². The average Bonchev–Trinajstić information content (AvgIpc) is 2.63. The second-order valence-electron chi connectivity index (χ2n) is 3.31. The molecule has 0 fully saturated rings. The van der Waals surface area contributed by atoms with Crippen molar-refractivity contribution in [3.63, 3.8) is 0 Å². The molecule has 0 radical (unpaired) electrons. The SMILES string of the molecule is COC(=O)CCNCCc1ccn(C)n1. The average molecular weight is 211 g/mol. The molecular formula is C10H17N3O2. The van der Waals surface area contributed by atoms with Crippen LogP contribution in [-0.2, 0) is 23.0 Å². The molecule has 1 heterocycles. The quantitative estimate of drug-likeness (QED) is 0.536. The topological polar surface area (TPSA) is 56.1 Å². The van der Waals surface area contributed by atoms with E-state index in [0.29, 0.717) is 13.0 Å². The molecule has 0 atom stereocenters. The predicted octanol–water partition coefficient (Wildman–Crippen LogP) is 0.115. The number of rotatable bonds is 6. The Morgan fingerprint density at radius 1 is 1.60 bits per heavy atom. The number of nitrogens with zero attached hydrogens (tertiary/aromatic N) is 2. The van der Waals surface area contributed by atoms with Crippen molar-refractivity contribution in [1.29, 1.82) is 0 Å². The molecule has 0 aliphatic carbocycles. The highest BCUT2D eigenvalue weighted by Crippen LogP contribution is 1.93. The van der Waals surface area contributed by atoms with Crippen molar-refractivity contribution in [3.8, 4) is 0 Å². The molecule has 0 bridgehead atoms. The number of carbonyl (C=O) groups is 1. The van der Waals surface area contributed by atoms with Crippen molar-refractivity contribution in [2.24, 2.45) is 7.05 Å². The van der Waals surface area contributed by atoms with Gasteiger partial charge in [-0.15, -0.1) is 0 Å². The standard InChI is InChI=1S/C10H17N3O2/c1-13-8-5-9(12-13)3-6-11-7-4-10(14)15-2/h5,8,11H,3-4,6-7H2,1-2H3. The maximum atomic E-state index is 10.8. The number of carbonyl (C=O) groups excluding carboxylic acids is 1. The van der Waals surface area contributed by atoms with E-state index in [9.17, 15) is 4.79 Å². The van der Waals surface area contributed by atoms with Gasteiger partial charge in [0.05, 0.1) is 19.2 Å². The maximum absolute atomic E-state index is 10.8. The highest BCUT2D eigenvalue weighted by molar-refractivity contribution is 5.69. The van der Waals surface area contributed by atoms with E-state index in [0.717, 1.165) is 18.7 Å². The van der Waals surface area contributed by atoms with Gasteiger partial charge in [-0.1, -0.05) is 0 Å². The van der Waals surface area contributed by atoms with Gasteiger partial charge >= 0.3 is 5.97 Å². The molecule has 5 heteroatoms. The molecule has 0 aliphatic rings. The summed E-state index contributed by atoms with van der Waals surface area (Å²) in [5.41, 5.74) is 1.06. The third-order valence-corrected chi connectivity index (χ3v) is 2.06. The van der Waals surface area contributed by atoms with Crippen molar-refractivity contribution in [2.45, 2.75) is 12.8 Å². The molecular weight excluding hydrogens is 194 g/mol. The first kappa shape index (κ1) is 11.7. The highest BCUT2D eigenvalue weighted by Gasteiger charge is 1.99. The molecule has 0 saturated carbocycles. The fourth-order valence-corrected chi connectivity index (χ4v) is 1.23. The minimum Gasteiger partial charge on any atom is -0.469 e. The molecule has 15 heavy (non-hydrogen) atoms. The molecule has 1 aromatic rings. The summed E-state index contributed by atoms with van der Waals surface area (Å²) in [6.45, 7) is 1.48. The third-order valence-electron chi connectivity index (χ3n) is 2.06. The van der Waals surface area contributed by atoms with Crippen LogP contribution >= 0.6 is 0 Å². The molecule has 1 aromatic heterocycles. The van der Waals surface area contributed by atoms with Gasteiger partial charge in [-0.25, -0.2) is 0 Å². The Kier molecular flexibility index (Phi) is 4.83. The largest absolute Gasteiger partial charge is 0.469 e. The monoisotopic (exact) mass is 211 g/mol. The Hall–Kier alpha value is -1.36. The van der Waals surface area contributed by atoms with Crippen LogP contribution in [0, 0.1) is 0 Å². The molecule has 0 aliphatic heterocycles. The van der Waals surface area contributed by atoms with E-state index in [1.165, 1.54) is 7.11 Å². The van der Waals surface area contributed by atoms with Gasteiger partial charge in [0.25, 0.3) is 0 Å². The molecule has 84 valence electrons. The van der Waals surface area contributed by atoms with Crippen molar-refractivity contribution in [2.75, 3.05) is 20.2 Å². The van der Waals surface area contributed by atoms with Crippen molar-refractivity contribution in [1.82, 2.24) is 15.1 Å². The first-order chi connectivity index (χ1) is 7.22. The third kappa shape index (κ3) is 4.60. The Balaban J connectivity index is 2.05. The van der Waals surface area contributed by atoms with Gasteiger partial charge in [0, 0.05) is 32.8 Å². The molecule has 0 aromatic carbocycles. The number of methoxy groups -OCH3 is 1. The van der Waals surface area contributed by atoms with E-state index >= 15 is 0 Å². The zero-order valence-corrected chi connectivity index (χ0v) is 9.19. The summed E-state index contributed by atoms with van der Waals surface area (Å²) in [7, 11) is 3.30. The van der Waals surface area contributed by atoms with Crippen LogP contribution < -0.4 is 5.32 Å². The van der Waals surface area contributed by atoms with Crippen LogP contribution in [0.2, 0.25) is 0 Å². The van der Waals surface area contributed by atoms with Crippen LogP contribution in [0.1, 0.15) is 12.1 Å². The van der Waals surface area contributed by atoms with E-state index in [4.69, 9.17) is 0 Å². The molecule has 0 amide bonds. The lowest BCUT2D eigenvalue weighted by Crippen LogP contribution is -2.21. The lowest BCUT2D eigenvalue weighted by atomic mass is 10.3. The maximum Gasteiger partial charge on any atom is 0.306 e. The number of esters is 1. The highest BCUT2D eigenvalue weighted by atomic mass is 16.5. The minimum absolute atomic E-state index is 0.180. The summed E-state index contributed by atoms with van der Waals surface area (Å²) in [5, 5.41) is 7.40. The van der Waals surface area contributed by atoms with Gasteiger partial charge in [0.2, 0.25) is 0 Å². The van der Waals surface area contributed by atoms with Crippen LogP contribution in [-0.4, -0.2) is 35.9 Å². The zero-order valence-electron chi connectivity index (χ0n) is 9.19. The molecule has 1 rings (SSSR count). The summed E-state index contributed by atoms with van der Waals surface area (Å²) in [4.78, 5) is 10.8. The van der Waals surface area contributed by atoms with Crippen LogP contribution in [0.3, 0.4) is 0 Å². The molecule has 0 saturated heterocycles. The number of hydrogen-bond acceptors (Lipinski definition) is 4. The first-order valence-corrected chi connectivity index (χ1v) is 4.98. The van der Waals surface area contributed by atoms with Gasteiger partial charge in [-0.05, 0) is 6.07 Å². The van der Waals surface area contributed by atoms with E-state index in [2.05, 4.69) is 15.2 Å². The van der Waals surface area contributed by atoms with Gasteiger partial charge in [0.15, 0.2) is 0 Å². The minimum atomic E-state index is -0.180.